The summed E-state index contributed by atoms with van der Waals surface area (Å²) in [6.07, 6.45) is 4.71. The Morgan fingerprint density at radius 2 is 1.77 bits per heavy atom. The highest BCUT2D eigenvalue weighted by Gasteiger charge is 2.28. The number of hydrogen-bond acceptors (Lipinski definition) is 2. The fraction of sp³-hybridized carbons (Fsp3) is 0.200. The smallest absolute Gasteiger partial charge is 0.223 e. The third-order valence-corrected chi connectivity index (χ3v) is 5.95. The Kier molecular flexibility index (Phi) is 4.79. The monoisotopic (exact) mass is 399 g/mol. The Bertz CT molecular complexity index is 1220. The van der Waals surface area contributed by atoms with Crippen LogP contribution in [0.4, 0.5) is 4.39 Å². The molecule has 5 rings (SSSR count). The van der Waals surface area contributed by atoms with E-state index in [9.17, 15) is 9.18 Å². The van der Waals surface area contributed by atoms with Gasteiger partial charge in [-0.15, -0.1) is 0 Å². The van der Waals surface area contributed by atoms with E-state index in [1.807, 2.05) is 51.9 Å². The first-order valence-electron chi connectivity index (χ1n) is 10.2. The highest BCUT2D eigenvalue weighted by Crippen LogP contribution is 2.32. The van der Waals surface area contributed by atoms with Crippen LogP contribution in [0.25, 0.3) is 5.65 Å². The third kappa shape index (κ3) is 3.36. The van der Waals surface area contributed by atoms with Crippen LogP contribution in [0, 0.1) is 5.82 Å². The number of nitrogens with zero attached hydrogens (tertiary/aromatic N) is 3. The fourth-order valence-electron chi connectivity index (χ4n) is 4.35. The van der Waals surface area contributed by atoms with Crippen LogP contribution in [-0.2, 0) is 17.8 Å². The van der Waals surface area contributed by atoms with Gasteiger partial charge in [0, 0.05) is 37.8 Å². The molecule has 4 aromatic rings. The van der Waals surface area contributed by atoms with E-state index >= 15 is 0 Å². The van der Waals surface area contributed by atoms with Crippen molar-refractivity contribution in [2.45, 2.75) is 25.3 Å². The number of hydrogen-bond donors (Lipinski definition) is 0. The summed E-state index contributed by atoms with van der Waals surface area (Å²) in [4.78, 5) is 19.7. The maximum atomic E-state index is 14.8. The summed E-state index contributed by atoms with van der Waals surface area (Å²) in [5, 5.41) is 0. The number of carbonyl (C=O) groups is 1. The third-order valence-electron chi connectivity index (χ3n) is 5.95. The maximum absolute atomic E-state index is 14.8. The van der Waals surface area contributed by atoms with E-state index < -0.39 is 5.92 Å². The lowest BCUT2D eigenvalue weighted by Crippen LogP contribution is -2.36. The molecule has 2 aromatic heterocycles. The molecule has 0 saturated heterocycles. The summed E-state index contributed by atoms with van der Waals surface area (Å²) in [7, 11) is 0. The minimum absolute atomic E-state index is 0.0311. The molecule has 0 N–H and O–H groups in total. The molecule has 0 aliphatic carbocycles. The van der Waals surface area contributed by atoms with Crippen molar-refractivity contribution in [1.82, 2.24) is 14.3 Å². The van der Waals surface area contributed by atoms with E-state index in [0.717, 1.165) is 17.8 Å². The fourth-order valence-corrected chi connectivity index (χ4v) is 4.35. The average Bonchev–Trinajstić information content (AvgIpc) is 3.21. The number of fused-ring (bicyclic) bond motifs is 2. The number of benzene rings is 2. The standard InChI is InChI=1S/C25H22FN3O/c26-22-10-4-3-9-20(22)21(23-16-27-24-11-5-6-13-29(23)24)15-25(30)28-14-12-18-7-1-2-8-19(18)17-28/h1-11,13,16,21H,12,14-15,17H2/t21-/m1/s1. The van der Waals surface area contributed by atoms with Crippen LogP contribution < -0.4 is 0 Å². The Morgan fingerprint density at radius 3 is 2.63 bits per heavy atom. The van der Waals surface area contributed by atoms with Gasteiger partial charge in [0.15, 0.2) is 0 Å². The lowest BCUT2D eigenvalue weighted by Gasteiger charge is -2.30. The van der Waals surface area contributed by atoms with Gasteiger partial charge in [-0.1, -0.05) is 48.5 Å². The summed E-state index contributed by atoms with van der Waals surface area (Å²) in [6.45, 7) is 1.29. The molecule has 1 amide bonds. The zero-order valence-corrected chi connectivity index (χ0v) is 16.5. The van der Waals surface area contributed by atoms with Gasteiger partial charge < -0.3 is 9.30 Å². The predicted octanol–water partition coefficient (Wildman–Crippen LogP) is 4.58. The first-order valence-corrected chi connectivity index (χ1v) is 10.2. The number of carbonyl (C=O) groups excluding carboxylic acids is 1. The molecule has 5 heteroatoms. The van der Waals surface area contributed by atoms with Gasteiger partial charge in [0.1, 0.15) is 11.5 Å². The molecule has 0 bridgehead atoms. The summed E-state index contributed by atoms with van der Waals surface area (Å²) in [6, 6.07) is 20.7. The Balaban J connectivity index is 1.49. The molecule has 0 spiro atoms. The second-order valence-corrected chi connectivity index (χ2v) is 7.72. The molecular formula is C25H22FN3O. The predicted molar refractivity (Wildman–Crippen MR) is 114 cm³/mol. The van der Waals surface area contributed by atoms with E-state index in [4.69, 9.17) is 0 Å². The number of rotatable bonds is 4. The molecule has 0 saturated carbocycles. The van der Waals surface area contributed by atoms with Crippen molar-refractivity contribution < 1.29 is 9.18 Å². The van der Waals surface area contributed by atoms with Gasteiger partial charge in [-0.05, 0) is 41.3 Å². The van der Waals surface area contributed by atoms with Crippen LogP contribution in [-0.4, -0.2) is 26.7 Å². The van der Waals surface area contributed by atoms with Gasteiger partial charge in [-0.3, -0.25) is 4.79 Å². The zero-order chi connectivity index (χ0) is 20.5. The van der Waals surface area contributed by atoms with Crippen LogP contribution >= 0.6 is 0 Å². The topological polar surface area (TPSA) is 37.6 Å². The number of imidazole rings is 1. The van der Waals surface area contributed by atoms with Gasteiger partial charge in [0.05, 0.1) is 5.69 Å². The summed E-state index contributed by atoms with van der Waals surface area (Å²) >= 11 is 0. The highest BCUT2D eigenvalue weighted by atomic mass is 19.1. The molecule has 0 radical (unpaired) electrons. The van der Waals surface area contributed by atoms with Crippen molar-refractivity contribution in [2.24, 2.45) is 0 Å². The molecule has 0 fully saturated rings. The summed E-state index contributed by atoms with van der Waals surface area (Å²) in [5.41, 5.74) is 4.62. The Hall–Kier alpha value is -3.47. The van der Waals surface area contributed by atoms with Crippen molar-refractivity contribution in [2.75, 3.05) is 6.54 Å². The largest absolute Gasteiger partial charge is 0.338 e. The van der Waals surface area contributed by atoms with Gasteiger partial charge in [0.25, 0.3) is 0 Å². The molecule has 4 nitrogen and oxygen atoms in total. The number of aromatic nitrogens is 2. The molecule has 2 aromatic carbocycles. The normalized spacial score (nSPS) is 14.5. The lowest BCUT2D eigenvalue weighted by molar-refractivity contribution is -0.132. The van der Waals surface area contributed by atoms with Crippen LogP contribution in [0.3, 0.4) is 0 Å². The maximum Gasteiger partial charge on any atom is 0.223 e. The van der Waals surface area contributed by atoms with E-state index in [0.29, 0.717) is 18.7 Å². The SMILES string of the molecule is O=C(C[C@H](c1ccccc1F)c1cnc2ccccn12)N1CCc2ccccc2C1. The van der Waals surface area contributed by atoms with Gasteiger partial charge >= 0.3 is 0 Å². The Labute approximate surface area is 174 Å². The summed E-state index contributed by atoms with van der Waals surface area (Å²) < 4.78 is 16.7. The first-order chi connectivity index (χ1) is 14.7. The Morgan fingerprint density at radius 1 is 1.00 bits per heavy atom. The highest BCUT2D eigenvalue weighted by molar-refractivity contribution is 5.78. The van der Waals surface area contributed by atoms with E-state index in [-0.39, 0.29) is 18.1 Å². The van der Waals surface area contributed by atoms with E-state index in [1.54, 1.807) is 18.3 Å². The van der Waals surface area contributed by atoms with Gasteiger partial charge in [-0.2, -0.15) is 0 Å². The quantitative estimate of drug-likeness (QED) is 0.504. The number of pyridine rings is 1. The van der Waals surface area contributed by atoms with Crippen LogP contribution in [0.1, 0.15) is 34.7 Å². The number of halogens is 1. The lowest BCUT2D eigenvalue weighted by atomic mass is 9.91. The van der Waals surface area contributed by atoms with E-state index in [1.165, 1.54) is 17.2 Å². The van der Waals surface area contributed by atoms with Crippen molar-refractivity contribution in [3.8, 4) is 0 Å². The molecule has 30 heavy (non-hydrogen) atoms. The average molecular weight is 399 g/mol. The van der Waals surface area contributed by atoms with E-state index in [2.05, 4.69) is 17.1 Å². The molecular weight excluding hydrogens is 377 g/mol. The zero-order valence-electron chi connectivity index (χ0n) is 16.5. The van der Waals surface area contributed by atoms with Crippen molar-refractivity contribution >= 4 is 11.6 Å². The van der Waals surface area contributed by atoms with Crippen molar-refractivity contribution in [3.05, 3.63) is 107 Å². The second kappa shape index (κ2) is 7.75. The van der Waals surface area contributed by atoms with Gasteiger partial charge in [-0.25, -0.2) is 9.37 Å². The number of amides is 1. The minimum atomic E-state index is -0.409. The van der Waals surface area contributed by atoms with Crippen molar-refractivity contribution in [1.29, 1.82) is 0 Å². The van der Waals surface area contributed by atoms with Crippen molar-refractivity contribution in [3.63, 3.8) is 0 Å². The second-order valence-electron chi connectivity index (χ2n) is 7.72. The molecule has 150 valence electrons. The first kappa shape index (κ1) is 18.6. The molecule has 1 atom stereocenters. The molecule has 1 aliphatic rings. The van der Waals surface area contributed by atoms with Crippen LogP contribution in [0.2, 0.25) is 0 Å². The molecule has 1 aliphatic heterocycles. The van der Waals surface area contributed by atoms with Crippen LogP contribution in [0.5, 0.6) is 0 Å². The molecule has 0 unspecified atom stereocenters. The van der Waals surface area contributed by atoms with Crippen LogP contribution in [0.15, 0.2) is 79.1 Å². The van der Waals surface area contributed by atoms with Gasteiger partial charge in [0.2, 0.25) is 5.91 Å². The molecule has 3 heterocycles. The summed E-state index contributed by atoms with van der Waals surface area (Å²) in [5.74, 6) is -0.679. The minimum Gasteiger partial charge on any atom is -0.338 e.